The average molecular weight is 305 g/mol. The van der Waals surface area contributed by atoms with Crippen LogP contribution in [0.3, 0.4) is 0 Å². The predicted molar refractivity (Wildman–Crippen MR) is 80.8 cm³/mol. The quantitative estimate of drug-likeness (QED) is 0.851. The van der Waals surface area contributed by atoms with Crippen LogP contribution in [0.25, 0.3) is 16.5 Å². The Hall–Kier alpha value is -1.06. The number of benzene rings is 1. The molecule has 3 heteroatoms. The van der Waals surface area contributed by atoms with Gasteiger partial charge in [0.25, 0.3) is 0 Å². The molecule has 1 N–H and O–H groups in total. The van der Waals surface area contributed by atoms with Crippen molar-refractivity contribution < 1.29 is 0 Å². The lowest BCUT2D eigenvalue weighted by Crippen LogP contribution is -2.20. The molecule has 0 fully saturated rings. The summed E-state index contributed by atoms with van der Waals surface area (Å²) in [6, 6.07) is 6.56. The number of aryl methyl sites for hydroxylation is 1. The van der Waals surface area contributed by atoms with E-state index in [2.05, 4.69) is 64.1 Å². The van der Waals surface area contributed by atoms with Crippen molar-refractivity contribution in [1.82, 2.24) is 9.88 Å². The number of halogens is 1. The van der Waals surface area contributed by atoms with Gasteiger partial charge in [0.15, 0.2) is 0 Å². The van der Waals surface area contributed by atoms with E-state index in [9.17, 15) is 0 Å². The fourth-order valence-corrected chi connectivity index (χ4v) is 3.14. The van der Waals surface area contributed by atoms with E-state index in [1.807, 2.05) is 0 Å². The van der Waals surface area contributed by atoms with Crippen LogP contribution in [0.5, 0.6) is 0 Å². The Morgan fingerprint density at radius 2 is 2.17 bits per heavy atom. The normalized spacial score (nSPS) is 16.1. The molecule has 94 valence electrons. The van der Waals surface area contributed by atoms with Gasteiger partial charge in [0, 0.05) is 40.2 Å². The molecule has 1 aliphatic heterocycles. The molecule has 1 aliphatic rings. The highest BCUT2D eigenvalue weighted by Gasteiger charge is 2.16. The summed E-state index contributed by atoms with van der Waals surface area (Å²) in [5.74, 6) is 0. The largest absolute Gasteiger partial charge is 0.347 e. The number of hydrogen-bond acceptors (Lipinski definition) is 1. The Labute approximate surface area is 116 Å². The molecule has 2 heterocycles. The molecule has 0 radical (unpaired) electrons. The monoisotopic (exact) mass is 304 g/mol. The zero-order valence-electron chi connectivity index (χ0n) is 10.8. The summed E-state index contributed by atoms with van der Waals surface area (Å²) >= 11 is 3.56. The van der Waals surface area contributed by atoms with Gasteiger partial charge in [0.2, 0.25) is 0 Å². The second-order valence-corrected chi connectivity index (χ2v) is 5.78. The smallest absolute Gasteiger partial charge is 0.0497 e. The van der Waals surface area contributed by atoms with Crippen LogP contribution in [0, 0.1) is 6.92 Å². The highest BCUT2D eigenvalue weighted by molar-refractivity contribution is 9.10. The third-order valence-electron chi connectivity index (χ3n) is 3.84. The number of rotatable bonds is 1. The van der Waals surface area contributed by atoms with Gasteiger partial charge in [0.1, 0.15) is 0 Å². The van der Waals surface area contributed by atoms with Crippen LogP contribution in [0.4, 0.5) is 0 Å². The highest BCUT2D eigenvalue weighted by Crippen LogP contribution is 2.34. The average Bonchev–Trinajstić information content (AvgIpc) is 2.64. The first-order chi connectivity index (χ1) is 8.68. The van der Waals surface area contributed by atoms with Gasteiger partial charge in [-0.3, -0.25) is 0 Å². The lowest BCUT2D eigenvalue weighted by Gasteiger charge is -2.14. The molecule has 0 amide bonds. The zero-order chi connectivity index (χ0) is 12.7. The summed E-state index contributed by atoms with van der Waals surface area (Å²) < 4.78 is 3.43. The topological polar surface area (TPSA) is 17.0 Å². The first kappa shape index (κ1) is 12.0. The van der Waals surface area contributed by atoms with E-state index in [0.717, 1.165) is 24.0 Å². The summed E-state index contributed by atoms with van der Waals surface area (Å²) in [6.45, 7) is 4.28. The van der Waals surface area contributed by atoms with E-state index in [0.29, 0.717) is 0 Å². The zero-order valence-corrected chi connectivity index (χ0v) is 12.3. The van der Waals surface area contributed by atoms with E-state index < -0.39 is 0 Å². The van der Waals surface area contributed by atoms with Crippen molar-refractivity contribution in [1.29, 1.82) is 0 Å². The van der Waals surface area contributed by atoms with E-state index in [1.54, 1.807) is 0 Å². The van der Waals surface area contributed by atoms with Crippen LogP contribution in [0.15, 0.2) is 28.7 Å². The first-order valence-electron chi connectivity index (χ1n) is 6.33. The summed E-state index contributed by atoms with van der Waals surface area (Å²) in [6.07, 6.45) is 3.45. The fourth-order valence-electron chi connectivity index (χ4n) is 2.79. The molecule has 0 spiro atoms. The van der Waals surface area contributed by atoms with Gasteiger partial charge >= 0.3 is 0 Å². The van der Waals surface area contributed by atoms with Crippen LogP contribution in [0.2, 0.25) is 0 Å². The van der Waals surface area contributed by atoms with Gasteiger partial charge in [-0.2, -0.15) is 0 Å². The third kappa shape index (κ3) is 1.82. The van der Waals surface area contributed by atoms with Crippen LogP contribution in [-0.4, -0.2) is 17.7 Å². The van der Waals surface area contributed by atoms with Gasteiger partial charge in [-0.05, 0) is 37.6 Å². The standard InChI is InChI=1S/C15H17BrN2/c1-10-15(11-5-7-17-8-6-11)13-4-3-12(16)9-14(13)18(10)2/h3-5,9,17H,6-8H2,1-2H3. The van der Waals surface area contributed by atoms with E-state index >= 15 is 0 Å². The SMILES string of the molecule is Cc1c(C2=CCNCC2)c2ccc(Br)cc2n1C. The Bertz CT molecular complexity index is 637. The molecule has 0 saturated carbocycles. The minimum absolute atomic E-state index is 0.988. The van der Waals surface area contributed by atoms with Crippen LogP contribution >= 0.6 is 15.9 Å². The molecule has 18 heavy (non-hydrogen) atoms. The molecule has 0 atom stereocenters. The van der Waals surface area contributed by atoms with Crippen LogP contribution in [-0.2, 0) is 7.05 Å². The summed E-state index contributed by atoms with van der Waals surface area (Å²) in [7, 11) is 2.15. The minimum atomic E-state index is 0.988. The highest BCUT2D eigenvalue weighted by atomic mass is 79.9. The van der Waals surface area contributed by atoms with Crippen molar-refractivity contribution in [3.05, 3.63) is 40.0 Å². The molecular formula is C15H17BrN2. The lowest BCUT2D eigenvalue weighted by atomic mass is 9.97. The first-order valence-corrected chi connectivity index (χ1v) is 7.12. The summed E-state index contributed by atoms with van der Waals surface area (Å²) in [5, 5.41) is 4.74. The van der Waals surface area contributed by atoms with Crippen molar-refractivity contribution in [2.75, 3.05) is 13.1 Å². The van der Waals surface area contributed by atoms with Crippen LogP contribution in [0.1, 0.15) is 17.7 Å². The molecule has 2 aromatic rings. The van der Waals surface area contributed by atoms with Gasteiger partial charge in [-0.1, -0.05) is 28.1 Å². The number of aromatic nitrogens is 1. The van der Waals surface area contributed by atoms with Crippen LogP contribution < -0.4 is 5.32 Å². The fraction of sp³-hybridized carbons (Fsp3) is 0.333. The van der Waals surface area contributed by atoms with Gasteiger partial charge < -0.3 is 9.88 Å². The Morgan fingerprint density at radius 1 is 1.33 bits per heavy atom. The molecule has 1 aromatic heterocycles. The van der Waals surface area contributed by atoms with Gasteiger partial charge in [0.05, 0.1) is 0 Å². The lowest BCUT2D eigenvalue weighted by molar-refractivity contribution is 0.738. The third-order valence-corrected chi connectivity index (χ3v) is 4.33. The Kier molecular flexibility index (Phi) is 3.04. The Balaban J connectivity index is 2.28. The van der Waals surface area contributed by atoms with E-state index in [1.165, 1.54) is 27.7 Å². The van der Waals surface area contributed by atoms with Crippen molar-refractivity contribution in [2.24, 2.45) is 7.05 Å². The molecule has 0 aliphatic carbocycles. The summed E-state index contributed by atoms with van der Waals surface area (Å²) in [4.78, 5) is 0. The van der Waals surface area contributed by atoms with Crippen molar-refractivity contribution in [3.63, 3.8) is 0 Å². The van der Waals surface area contributed by atoms with Crippen molar-refractivity contribution >= 4 is 32.4 Å². The molecule has 1 aromatic carbocycles. The maximum atomic E-state index is 3.56. The molecule has 0 saturated heterocycles. The molecular weight excluding hydrogens is 288 g/mol. The molecule has 0 bridgehead atoms. The van der Waals surface area contributed by atoms with Crippen molar-refractivity contribution in [2.45, 2.75) is 13.3 Å². The van der Waals surface area contributed by atoms with E-state index in [-0.39, 0.29) is 0 Å². The number of fused-ring (bicyclic) bond motifs is 1. The van der Waals surface area contributed by atoms with Crippen molar-refractivity contribution in [3.8, 4) is 0 Å². The van der Waals surface area contributed by atoms with E-state index in [4.69, 9.17) is 0 Å². The van der Waals surface area contributed by atoms with Gasteiger partial charge in [-0.15, -0.1) is 0 Å². The molecule has 0 unspecified atom stereocenters. The number of nitrogens with one attached hydrogen (secondary N) is 1. The molecule has 3 rings (SSSR count). The second-order valence-electron chi connectivity index (χ2n) is 4.86. The maximum Gasteiger partial charge on any atom is 0.0497 e. The number of hydrogen-bond donors (Lipinski definition) is 1. The maximum absolute atomic E-state index is 3.56. The molecule has 2 nitrogen and oxygen atoms in total. The minimum Gasteiger partial charge on any atom is -0.347 e. The second kappa shape index (κ2) is 4.56. The predicted octanol–water partition coefficient (Wildman–Crippen LogP) is 3.63. The summed E-state index contributed by atoms with van der Waals surface area (Å²) in [5.41, 5.74) is 5.58. The number of nitrogens with zero attached hydrogens (tertiary/aromatic N) is 1. The van der Waals surface area contributed by atoms with Gasteiger partial charge in [-0.25, -0.2) is 0 Å². The Morgan fingerprint density at radius 3 is 2.89 bits per heavy atom.